The molecule has 7 heteroatoms. The van der Waals surface area contributed by atoms with Gasteiger partial charge in [-0.25, -0.2) is 4.98 Å². The fraction of sp³-hybridized carbons (Fsp3) is 0. The number of nitrogens with two attached hydrogens (primary N) is 1. The van der Waals surface area contributed by atoms with E-state index in [0.29, 0.717) is 0 Å². The molecule has 114 valence electrons. The van der Waals surface area contributed by atoms with Crippen molar-refractivity contribution in [3.05, 3.63) is 60.6 Å². The van der Waals surface area contributed by atoms with E-state index in [2.05, 4.69) is 15.3 Å². The van der Waals surface area contributed by atoms with Crippen LogP contribution < -0.4 is 11.1 Å². The van der Waals surface area contributed by atoms with Gasteiger partial charge in [-0.15, -0.1) is 24.8 Å². The third-order valence-corrected chi connectivity index (χ3v) is 2.94. The van der Waals surface area contributed by atoms with Gasteiger partial charge in [0, 0.05) is 17.3 Å². The van der Waals surface area contributed by atoms with E-state index < -0.39 is 5.91 Å². The minimum atomic E-state index is -0.536. The molecule has 1 amide bonds. The molecule has 0 radical (unpaired) electrons. The zero-order valence-corrected chi connectivity index (χ0v) is 13.0. The second-order valence-electron chi connectivity index (χ2n) is 4.30. The van der Waals surface area contributed by atoms with Gasteiger partial charge in [-0.3, -0.25) is 9.78 Å². The molecule has 3 N–H and O–H groups in total. The lowest BCUT2D eigenvalue weighted by Crippen LogP contribution is -2.12. The summed E-state index contributed by atoms with van der Waals surface area (Å²) in [4.78, 5) is 19.3. The Morgan fingerprint density at radius 2 is 1.77 bits per heavy atom. The van der Waals surface area contributed by atoms with Crippen LogP contribution in [-0.4, -0.2) is 15.9 Å². The number of rotatable bonds is 3. The Morgan fingerprint density at radius 1 is 1.00 bits per heavy atom. The van der Waals surface area contributed by atoms with Gasteiger partial charge >= 0.3 is 0 Å². The third-order valence-electron chi connectivity index (χ3n) is 2.94. The van der Waals surface area contributed by atoms with Crippen molar-refractivity contribution in [2.24, 2.45) is 5.73 Å². The van der Waals surface area contributed by atoms with Crippen LogP contribution in [-0.2, 0) is 0 Å². The molecule has 0 aliphatic heterocycles. The lowest BCUT2D eigenvalue weighted by molar-refractivity contribution is 0.0995. The number of para-hydroxylation sites is 1. The van der Waals surface area contributed by atoms with E-state index in [1.54, 1.807) is 24.5 Å². The van der Waals surface area contributed by atoms with Crippen molar-refractivity contribution < 1.29 is 4.79 Å². The molecular formula is C15H14Cl2N4O. The Balaban J connectivity index is 0.00000121. The maximum Gasteiger partial charge on any atom is 0.267 e. The average molecular weight is 337 g/mol. The number of aromatic nitrogens is 2. The number of anilines is 2. The molecule has 2 heterocycles. The lowest BCUT2D eigenvalue weighted by atomic mass is 10.2. The van der Waals surface area contributed by atoms with Crippen molar-refractivity contribution in [2.75, 3.05) is 5.32 Å². The molecule has 1 aromatic carbocycles. The number of primary amides is 1. The number of amides is 1. The van der Waals surface area contributed by atoms with Gasteiger partial charge in [0.2, 0.25) is 0 Å². The predicted molar refractivity (Wildman–Crippen MR) is 92.3 cm³/mol. The van der Waals surface area contributed by atoms with E-state index in [9.17, 15) is 4.79 Å². The number of pyridine rings is 2. The van der Waals surface area contributed by atoms with Gasteiger partial charge in [-0.2, -0.15) is 0 Å². The summed E-state index contributed by atoms with van der Waals surface area (Å²) in [5, 5.41) is 4.28. The Labute approximate surface area is 139 Å². The summed E-state index contributed by atoms with van der Waals surface area (Å²) in [5.74, 6) is -0.536. The molecule has 0 aliphatic rings. The topological polar surface area (TPSA) is 80.9 Å². The highest BCUT2D eigenvalue weighted by atomic mass is 35.5. The first-order valence-electron chi connectivity index (χ1n) is 6.11. The molecule has 0 saturated heterocycles. The summed E-state index contributed by atoms with van der Waals surface area (Å²) in [6.07, 6.45) is 3.32. The van der Waals surface area contributed by atoms with E-state index in [4.69, 9.17) is 5.73 Å². The molecule has 3 rings (SSSR count). The maximum absolute atomic E-state index is 11.0. The molecule has 3 aromatic rings. The van der Waals surface area contributed by atoms with Crippen molar-refractivity contribution in [3.8, 4) is 0 Å². The summed E-state index contributed by atoms with van der Waals surface area (Å²) in [6.45, 7) is 0. The molecule has 5 nitrogen and oxygen atoms in total. The Hall–Kier alpha value is -2.37. The van der Waals surface area contributed by atoms with Crippen molar-refractivity contribution in [3.63, 3.8) is 0 Å². The normalized spacial score (nSPS) is 9.45. The number of hydrogen-bond donors (Lipinski definition) is 2. The van der Waals surface area contributed by atoms with Gasteiger partial charge in [0.1, 0.15) is 5.69 Å². The van der Waals surface area contributed by atoms with Crippen molar-refractivity contribution in [1.82, 2.24) is 9.97 Å². The molecule has 0 fully saturated rings. The number of benzene rings is 1. The van der Waals surface area contributed by atoms with E-state index >= 15 is 0 Å². The van der Waals surface area contributed by atoms with Crippen LogP contribution in [0.2, 0.25) is 0 Å². The molecule has 0 bridgehead atoms. The van der Waals surface area contributed by atoms with Crippen LogP contribution in [0.1, 0.15) is 10.5 Å². The molecule has 0 unspecified atom stereocenters. The minimum absolute atomic E-state index is 0. The first-order chi connectivity index (χ1) is 9.74. The maximum atomic E-state index is 11.0. The summed E-state index contributed by atoms with van der Waals surface area (Å²) in [5.41, 5.74) is 8.04. The Morgan fingerprint density at radius 3 is 2.45 bits per heavy atom. The summed E-state index contributed by atoms with van der Waals surface area (Å²) in [7, 11) is 0. The highest BCUT2D eigenvalue weighted by Gasteiger charge is 2.04. The SMILES string of the molecule is Cl.Cl.NC(=O)c1ccc(Nc2ccnc3ccccc23)cn1. The van der Waals surface area contributed by atoms with Crippen LogP contribution in [0.3, 0.4) is 0 Å². The highest BCUT2D eigenvalue weighted by Crippen LogP contribution is 2.24. The average Bonchev–Trinajstić information content (AvgIpc) is 2.48. The molecule has 0 spiro atoms. The monoisotopic (exact) mass is 336 g/mol. The van der Waals surface area contributed by atoms with Gasteiger partial charge < -0.3 is 11.1 Å². The first kappa shape index (κ1) is 17.7. The zero-order chi connectivity index (χ0) is 13.9. The Bertz CT molecular complexity index is 773. The van der Waals surface area contributed by atoms with Gasteiger partial charge in [0.05, 0.1) is 17.4 Å². The fourth-order valence-corrected chi connectivity index (χ4v) is 1.97. The highest BCUT2D eigenvalue weighted by molar-refractivity contribution is 5.93. The number of hydrogen-bond acceptors (Lipinski definition) is 4. The third kappa shape index (κ3) is 3.63. The van der Waals surface area contributed by atoms with Crippen molar-refractivity contribution >= 4 is 53.0 Å². The molecule has 0 atom stereocenters. The smallest absolute Gasteiger partial charge is 0.267 e. The second kappa shape index (κ2) is 7.59. The second-order valence-corrected chi connectivity index (χ2v) is 4.30. The summed E-state index contributed by atoms with van der Waals surface area (Å²) < 4.78 is 0. The van der Waals surface area contributed by atoms with Gasteiger partial charge in [-0.1, -0.05) is 18.2 Å². The first-order valence-corrected chi connectivity index (χ1v) is 6.11. The van der Waals surface area contributed by atoms with Gasteiger partial charge in [0.15, 0.2) is 0 Å². The largest absolute Gasteiger partial charge is 0.364 e. The molecule has 0 aliphatic carbocycles. The number of fused-ring (bicyclic) bond motifs is 1. The van der Waals surface area contributed by atoms with E-state index in [0.717, 1.165) is 22.3 Å². The molecular weight excluding hydrogens is 323 g/mol. The molecule has 0 saturated carbocycles. The predicted octanol–water partition coefficient (Wildman–Crippen LogP) is 3.32. The fourth-order valence-electron chi connectivity index (χ4n) is 1.97. The number of carbonyl (C=O) groups excluding carboxylic acids is 1. The van der Waals surface area contributed by atoms with Crippen LogP contribution in [0, 0.1) is 0 Å². The van der Waals surface area contributed by atoms with Crippen LogP contribution in [0.15, 0.2) is 54.9 Å². The van der Waals surface area contributed by atoms with Crippen molar-refractivity contribution in [2.45, 2.75) is 0 Å². The molecule has 2 aromatic heterocycles. The summed E-state index contributed by atoms with van der Waals surface area (Å²) >= 11 is 0. The van der Waals surface area contributed by atoms with E-state index in [1.807, 2.05) is 30.3 Å². The van der Waals surface area contributed by atoms with Crippen LogP contribution in [0.5, 0.6) is 0 Å². The number of nitrogens with zero attached hydrogens (tertiary/aromatic N) is 2. The van der Waals surface area contributed by atoms with Crippen LogP contribution in [0.25, 0.3) is 10.9 Å². The van der Waals surface area contributed by atoms with Gasteiger partial charge in [-0.05, 0) is 24.3 Å². The van der Waals surface area contributed by atoms with Crippen molar-refractivity contribution in [1.29, 1.82) is 0 Å². The number of carbonyl (C=O) groups is 1. The lowest BCUT2D eigenvalue weighted by Gasteiger charge is -2.09. The number of nitrogens with one attached hydrogen (secondary N) is 1. The zero-order valence-electron chi connectivity index (χ0n) is 11.4. The van der Waals surface area contributed by atoms with Gasteiger partial charge in [0.25, 0.3) is 5.91 Å². The molecule has 22 heavy (non-hydrogen) atoms. The van der Waals surface area contributed by atoms with Crippen LogP contribution >= 0.6 is 24.8 Å². The standard InChI is InChI=1S/C15H12N4O.2ClH/c16-15(20)14-6-5-10(9-18-14)19-13-7-8-17-12-4-2-1-3-11(12)13;;/h1-9H,(H2,16,20)(H,17,19);2*1H. The van der Waals surface area contributed by atoms with E-state index in [1.165, 1.54) is 0 Å². The quantitative estimate of drug-likeness (QED) is 0.768. The summed E-state index contributed by atoms with van der Waals surface area (Å²) in [6, 6.07) is 13.1. The number of halogens is 2. The van der Waals surface area contributed by atoms with E-state index in [-0.39, 0.29) is 30.5 Å². The van der Waals surface area contributed by atoms with Crippen LogP contribution in [0.4, 0.5) is 11.4 Å². The Kier molecular flexibility index (Phi) is 6.10. The minimum Gasteiger partial charge on any atom is -0.364 e.